The maximum Gasteiger partial charge on any atom is 0.152 e. The fraction of sp³-hybridized carbons (Fsp3) is 0.412. The molecule has 0 amide bonds. The van der Waals surface area contributed by atoms with Crippen LogP contribution in [-0.4, -0.2) is 16.5 Å². The lowest BCUT2D eigenvalue weighted by Crippen LogP contribution is -2.18. The molecule has 0 saturated heterocycles. The fourth-order valence-corrected chi connectivity index (χ4v) is 2.99. The second kappa shape index (κ2) is 7.11. The van der Waals surface area contributed by atoms with Crippen LogP contribution in [-0.2, 0) is 0 Å². The molecule has 1 fully saturated rings. The lowest BCUT2D eigenvalue weighted by Gasteiger charge is -2.22. The number of hydrogen-bond acceptors (Lipinski definition) is 5. The molecule has 1 heterocycles. The van der Waals surface area contributed by atoms with Crippen LogP contribution < -0.4 is 5.32 Å². The summed E-state index contributed by atoms with van der Waals surface area (Å²) in [4.78, 5) is 19.4. The van der Waals surface area contributed by atoms with E-state index in [1.807, 2.05) is 12.1 Å². The topological polar surface area (TPSA) is 67.2 Å². The van der Waals surface area contributed by atoms with Gasteiger partial charge in [-0.05, 0) is 36.1 Å². The van der Waals surface area contributed by atoms with Gasteiger partial charge in [0.05, 0.1) is 0 Å². The second-order valence-electron chi connectivity index (χ2n) is 5.78. The van der Waals surface area contributed by atoms with Gasteiger partial charge in [0.2, 0.25) is 0 Å². The van der Waals surface area contributed by atoms with E-state index in [1.54, 1.807) is 24.5 Å². The van der Waals surface area contributed by atoms with Gasteiger partial charge in [-0.3, -0.25) is 4.98 Å². The number of hydrogen-bond donors (Lipinski definition) is 1. The molecule has 1 saturated carbocycles. The first-order valence-corrected chi connectivity index (χ1v) is 7.85. The SMILES string of the molecule is O=Nc1ccc(-c2nccnc2NCC2CCCCC2)cc1. The van der Waals surface area contributed by atoms with Crippen LogP contribution in [0.4, 0.5) is 11.5 Å². The first-order valence-electron chi connectivity index (χ1n) is 7.85. The Morgan fingerprint density at radius 1 is 1.05 bits per heavy atom. The highest BCUT2D eigenvalue weighted by atomic mass is 16.3. The molecule has 1 aliphatic carbocycles. The van der Waals surface area contributed by atoms with E-state index in [9.17, 15) is 4.91 Å². The summed E-state index contributed by atoms with van der Waals surface area (Å²) in [6, 6.07) is 7.10. The van der Waals surface area contributed by atoms with E-state index in [1.165, 1.54) is 32.1 Å². The van der Waals surface area contributed by atoms with Crippen molar-refractivity contribution in [3.8, 4) is 11.3 Å². The van der Waals surface area contributed by atoms with Crippen molar-refractivity contribution < 1.29 is 0 Å². The van der Waals surface area contributed by atoms with Gasteiger partial charge in [-0.1, -0.05) is 31.4 Å². The molecule has 1 aliphatic rings. The van der Waals surface area contributed by atoms with Gasteiger partial charge in [0.1, 0.15) is 11.4 Å². The molecule has 5 nitrogen and oxygen atoms in total. The third-order valence-electron chi connectivity index (χ3n) is 4.23. The standard InChI is InChI=1S/C17H20N4O/c22-21-15-8-6-14(7-9-15)16-17(19-11-10-18-16)20-12-13-4-2-1-3-5-13/h6-11,13H,1-5,12H2,(H,19,20). The molecule has 0 radical (unpaired) electrons. The maximum atomic E-state index is 10.5. The van der Waals surface area contributed by atoms with Crippen LogP contribution in [0.2, 0.25) is 0 Å². The summed E-state index contributed by atoms with van der Waals surface area (Å²) in [5.41, 5.74) is 2.17. The van der Waals surface area contributed by atoms with Crippen molar-refractivity contribution in [1.82, 2.24) is 9.97 Å². The summed E-state index contributed by atoms with van der Waals surface area (Å²) >= 11 is 0. The third kappa shape index (κ3) is 3.47. The second-order valence-corrected chi connectivity index (χ2v) is 5.78. The van der Waals surface area contributed by atoms with Crippen molar-refractivity contribution in [2.24, 2.45) is 11.1 Å². The minimum Gasteiger partial charge on any atom is -0.368 e. The number of rotatable bonds is 5. The Morgan fingerprint density at radius 2 is 1.77 bits per heavy atom. The van der Waals surface area contributed by atoms with Gasteiger partial charge in [-0.25, -0.2) is 4.98 Å². The molecular weight excluding hydrogens is 276 g/mol. The van der Waals surface area contributed by atoms with Crippen LogP contribution in [0.5, 0.6) is 0 Å². The van der Waals surface area contributed by atoms with Crippen LogP contribution in [0.1, 0.15) is 32.1 Å². The molecule has 1 N–H and O–H groups in total. The Kier molecular flexibility index (Phi) is 4.73. The zero-order valence-electron chi connectivity index (χ0n) is 12.5. The van der Waals surface area contributed by atoms with E-state index >= 15 is 0 Å². The maximum absolute atomic E-state index is 10.5. The summed E-state index contributed by atoms with van der Waals surface area (Å²) in [7, 11) is 0. The van der Waals surface area contributed by atoms with Crippen LogP contribution in [0.15, 0.2) is 41.8 Å². The summed E-state index contributed by atoms with van der Waals surface area (Å²) in [6.07, 6.45) is 10.0. The van der Waals surface area contributed by atoms with Crippen molar-refractivity contribution in [3.05, 3.63) is 41.6 Å². The summed E-state index contributed by atoms with van der Waals surface area (Å²) in [6.45, 7) is 0.944. The Morgan fingerprint density at radius 3 is 2.50 bits per heavy atom. The van der Waals surface area contributed by atoms with E-state index in [4.69, 9.17) is 0 Å². The molecule has 0 bridgehead atoms. The zero-order valence-corrected chi connectivity index (χ0v) is 12.5. The smallest absolute Gasteiger partial charge is 0.152 e. The summed E-state index contributed by atoms with van der Waals surface area (Å²) in [5, 5.41) is 6.37. The van der Waals surface area contributed by atoms with E-state index in [-0.39, 0.29) is 0 Å². The largest absolute Gasteiger partial charge is 0.368 e. The van der Waals surface area contributed by atoms with Crippen molar-refractivity contribution in [1.29, 1.82) is 0 Å². The number of aromatic nitrogens is 2. The zero-order chi connectivity index (χ0) is 15.2. The predicted molar refractivity (Wildman–Crippen MR) is 88.0 cm³/mol. The highest BCUT2D eigenvalue weighted by Gasteiger charge is 2.14. The number of nitrogens with one attached hydrogen (secondary N) is 1. The first-order chi connectivity index (χ1) is 10.9. The summed E-state index contributed by atoms with van der Waals surface area (Å²) < 4.78 is 0. The van der Waals surface area contributed by atoms with Gasteiger partial charge >= 0.3 is 0 Å². The molecule has 2 aromatic rings. The molecule has 0 aliphatic heterocycles. The van der Waals surface area contributed by atoms with Gasteiger partial charge in [-0.15, -0.1) is 4.91 Å². The quantitative estimate of drug-likeness (QED) is 0.823. The van der Waals surface area contributed by atoms with Crippen molar-refractivity contribution >= 4 is 11.5 Å². The number of nitrogens with zero attached hydrogens (tertiary/aromatic N) is 3. The molecular formula is C17H20N4O. The minimum absolute atomic E-state index is 0.421. The van der Waals surface area contributed by atoms with Crippen LogP contribution in [0, 0.1) is 10.8 Å². The molecule has 0 unspecified atom stereocenters. The van der Waals surface area contributed by atoms with Crippen LogP contribution in [0.3, 0.4) is 0 Å². The minimum atomic E-state index is 0.421. The van der Waals surface area contributed by atoms with Gasteiger partial charge in [-0.2, -0.15) is 0 Å². The van der Waals surface area contributed by atoms with Gasteiger partial charge in [0.25, 0.3) is 0 Å². The monoisotopic (exact) mass is 296 g/mol. The van der Waals surface area contributed by atoms with E-state index in [0.717, 1.165) is 29.5 Å². The summed E-state index contributed by atoms with van der Waals surface area (Å²) in [5.74, 6) is 1.53. The van der Waals surface area contributed by atoms with Crippen LogP contribution >= 0.6 is 0 Å². The Balaban J connectivity index is 1.75. The average Bonchev–Trinajstić information content (AvgIpc) is 2.61. The van der Waals surface area contributed by atoms with Gasteiger partial charge in [0.15, 0.2) is 5.82 Å². The highest BCUT2D eigenvalue weighted by Crippen LogP contribution is 2.27. The molecule has 1 aromatic carbocycles. The van der Waals surface area contributed by atoms with E-state index < -0.39 is 0 Å². The molecule has 0 atom stereocenters. The molecule has 1 aromatic heterocycles. The van der Waals surface area contributed by atoms with Crippen LogP contribution in [0.25, 0.3) is 11.3 Å². The van der Waals surface area contributed by atoms with E-state index in [0.29, 0.717) is 5.69 Å². The Labute approximate surface area is 130 Å². The number of anilines is 1. The lowest BCUT2D eigenvalue weighted by atomic mass is 9.89. The first kappa shape index (κ1) is 14.6. The van der Waals surface area contributed by atoms with Gasteiger partial charge < -0.3 is 5.32 Å². The lowest BCUT2D eigenvalue weighted by molar-refractivity contribution is 0.373. The average molecular weight is 296 g/mol. The molecule has 114 valence electrons. The number of benzene rings is 1. The Hall–Kier alpha value is -2.30. The fourth-order valence-electron chi connectivity index (χ4n) is 2.99. The highest BCUT2D eigenvalue weighted by molar-refractivity contribution is 5.72. The third-order valence-corrected chi connectivity index (χ3v) is 4.23. The predicted octanol–water partition coefficient (Wildman–Crippen LogP) is 4.53. The molecule has 3 rings (SSSR count). The molecule has 0 spiro atoms. The Bertz CT molecular complexity index is 621. The van der Waals surface area contributed by atoms with Gasteiger partial charge in [0, 0.05) is 24.5 Å². The van der Waals surface area contributed by atoms with E-state index in [2.05, 4.69) is 20.5 Å². The molecule has 5 heteroatoms. The normalized spacial score (nSPS) is 15.5. The van der Waals surface area contributed by atoms with Crippen molar-refractivity contribution in [2.45, 2.75) is 32.1 Å². The van der Waals surface area contributed by atoms with Crippen molar-refractivity contribution in [2.75, 3.05) is 11.9 Å². The van der Waals surface area contributed by atoms with Crippen molar-refractivity contribution in [3.63, 3.8) is 0 Å². The molecule has 22 heavy (non-hydrogen) atoms. The number of nitroso groups, excluding NO2 is 1.